The van der Waals surface area contributed by atoms with Crippen LogP contribution < -0.4 is 4.74 Å². The standard InChI is InChI=1S/C19H14ClNO4/c1-24-17-9-5-3-7-13(17)16(22)11-25-19(23)14-10-18(20)21-15-8-4-2-6-12(14)15/h2-10H,11H2,1H3. The lowest BCUT2D eigenvalue weighted by atomic mass is 10.1. The lowest BCUT2D eigenvalue weighted by molar-refractivity contribution is 0.0476. The molecule has 0 saturated carbocycles. The fourth-order valence-electron chi connectivity index (χ4n) is 2.47. The summed E-state index contributed by atoms with van der Waals surface area (Å²) in [5.74, 6) is -0.556. The van der Waals surface area contributed by atoms with Gasteiger partial charge in [0.25, 0.3) is 0 Å². The largest absolute Gasteiger partial charge is 0.496 e. The molecule has 0 radical (unpaired) electrons. The molecule has 2 aromatic carbocycles. The molecule has 0 aliphatic carbocycles. The van der Waals surface area contributed by atoms with Gasteiger partial charge in [-0.1, -0.05) is 41.9 Å². The molecule has 25 heavy (non-hydrogen) atoms. The van der Waals surface area contributed by atoms with E-state index >= 15 is 0 Å². The van der Waals surface area contributed by atoms with E-state index in [1.165, 1.54) is 13.2 Å². The average Bonchev–Trinajstić information content (AvgIpc) is 2.65. The molecule has 1 heterocycles. The summed E-state index contributed by atoms with van der Waals surface area (Å²) in [4.78, 5) is 28.9. The van der Waals surface area contributed by atoms with Crippen LogP contribution in [0, 0.1) is 0 Å². The van der Waals surface area contributed by atoms with Crippen molar-refractivity contribution < 1.29 is 19.1 Å². The summed E-state index contributed by atoms with van der Waals surface area (Å²) in [5.41, 5.74) is 1.21. The van der Waals surface area contributed by atoms with E-state index in [1.54, 1.807) is 48.5 Å². The van der Waals surface area contributed by atoms with Gasteiger partial charge in [0.15, 0.2) is 6.61 Å². The second-order valence-corrected chi connectivity index (χ2v) is 5.60. The van der Waals surface area contributed by atoms with Crippen molar-refractivity contribution in [2.45, 2.75) is 0 Å². The molecule has 0 amide bonds. The number of methoxy groups -OCH3 is 1. The van der Waals surface area contributed by atoms with Crippen molar-refractivity contribution in [2.24, 2.45) is 0 Å². The summed E-state index contributed by atoms with van der Waals surface area (Å²) in [5, 5.41) is 0.795. The molecule has 6 heteroatoms. The Labute approximate surface area is 149 Å². The molecular weight excluding hydrogens is 342 g/mol. The van der Waals surface area contributed by atoms with Gasteiger partial charge in [-0.3, -0.25) is 4.79 Å². The SMILES string of the molecule is COc1ccccc1C(=O)COC(=O)c1cc(Cl)nc2ccccc12. The van der Waals surface area contributed by atoms with Crippen molar-refractivity contribution in [3.63, 3.8) is 0 Å². The molecule has 5 nitrogen and oxygen atoms in total. The minimum atomic E-state index is -0.635. The Bertz CT molecular complexity index is 955. The van der Waals surface area contributed by atoms with Crippen molar-refractivity contribution in [3.8, 4) is 5.75 Å². The van der Waals surface area contributed by atoms with Crippen LogP contribution in [0.25, 0.3) is 10.9 Å². The van der Waals surface area contributed by atoms with Crippen LogP contribution in [-0.4, -0.2) is 30.5 Å². The number of halogens is 1. The fraction of sp³-hybridized carbons (Fsp3) is 0.105. The van der Waals surface area contributed by atoms with E-state index in [1.807, 2.05) is 0 Å². The number of nitrogens with zero attached hydrogens (tertiary/aromatic N) is 1. The van der Waals surface area contributed by atoms with Crippen molar-refractivity contribution in [3.05, 3.63) is 70.9 Å². The molecule has 0 fully saturated rings. The van der Waals surface area contributed by atoms with Gasteiger partial charge in [-0.25, -0.2) is 9.78 Å². The van der Waals surface area contributed by atoms with Crippen molar-refractivity contribution in [1.29, 1.82) is 0 Å². The Kier molecular flexibility index (Phi) is 4.95. The Hall–Kier alpha value is -2.92. The average molecular weight is 356 g/mol. The molecular formula is C19H14ClNO4. The highest BCUT2D eigenvalue weighted by Crippen LogP contribution is 2.22. The van der Waals surface area contributed by atoms with Gasteiger partial charge in [0, 0.05) is 5.39 Å². The van der Waals surface area contributed by atoms with Crippen LogP contribution in [0.1, 0.15) is 20.7 Å². The monoisotopic (exact) mass is 355 g/mol. The smallest absolute Gasteiger partial charge is 0.339 e. The topological polar surface area (TPSA) is 65.5 Å². The first kappa shape index (κ1) is 16.9. The number of para-hydroxylation sites is 2. The fourth-order valence-corrected chi connectivity index (χ4v) is 2.67. The number of ether oxygens (including phenoxy) is 2. The van der Waals surface area contributed by atoms with Crippen LogP contribution in [0.15, 0.2) is 54.6 Å². The van der Waals surface area contributed by atoms with E-state index in [9.17, 15) is 9.59 Å². The second kappa shape index (κ2) is 7.32. The quantitative estimate of drug-likeness (QED) is 0.394. The second-order valence-electron chi connectivity index (χ2n) is 5.21. The van der Waals surface area contributed by atoms with Crippen molar-refractivity contribution in [1.82, 2.24) is 4.98 Å². The van der Waals surface area contributed by atoms with Crippen LogP contribution in [0.3, 0.4) is 0 Å². The minimum Gasteiger partial charge on any atom is -0.496 e. The van der Waals surface area contributed by atoms with Crippen LogP contribution >= 0.6 is 11.6 Å². The summed E-state index contributed by atoms with van der Waals surface area (Å²) >= 11 is 5.96. The summed E-state index contributed by atoms with van der Waals surface area (Å²) in [6.07, 6.45) is 0. The lowest BCUT2D eigenvalue weighted by Crippen LogP contribution is -2.15. The number of fused-ring (bicyclic) bond motifs is 1. The number of pyridine rings is 1. The van der Waals surface area contributed by atoms with E-state index in [0.717, 1.165) is 0 Å². The van der Waals surface area contributed by atoms with Gasteiger partial charge in [-0.2, -0.15) is 0 Å². The summed E-state index contributed by atoms with van der Waals surface area (Å²) in [6, 6.07) is 15.3. The Balaban J connectivity index is 1.80. The number of carbonyl (C=O) groups excluding carboxylic acids is 2. The van der Waals surface area contributed by atoms with E-state index in [-0.39, 0.29) is 16.5 Å². The number of hydrogen-bond acceptors (Lipinski definition) is 5. The van der Waals surface area contributed by atoms with Gasteiger partial charge in [0.05, 0.1) is 23.8 Å². The molecule has 3 aromatic rings. The number of benzene rings is 2. The summed E-state index contributed by atoms with van der Waals surface area (Å²) in [7, 11) is 1.48. The Morgan fingerprint density at radius 3 is 2.56 bits per heavy atom. The zero-order valence-electron chi connectivity index (χ0n) is 13.4. The van der Waals surface area contributed by atoms with Crippen molar-refractivity contribution in [2.75, 3.05) is 13.7 Å². The molecule has 0 spiro atoms. The van der Waals surface area contributed by atoms with Gasteiger partial charge in [0.1, 0.15) is 10.9 Å². The maximum absolute atomic E-state index is 12.4. The van der Waals surface area contributed by atoms with Gasteiger partial charge < -0.3 is 9.47 Å². The first-order valence-electron chi connectivity index (χ1n) is 7.49. The molecule has 0 aliphatic heterocycles. The normalized spacial score (nSPS) is 10.5. The van der Waals surface area contributed by atoms with Crippen LogP contribution in [0.5, 0.6) is 5.75 Å². The number of ketones is 1. The van der Waals surface area contributed by atoms with Gasteiger partial charge in [-0.15, -0.1) is 0 Å². The molecule has 1 aromatic heterocycles. The maximum atomic E-state index is 12.4. The molecule has 3 rings (SSSR count). The summed E-state index contributed by atoms with van der Waals surface area (Å²) in [6.45, 7) is -0.395. The molecule has 0 bridgehead atoms. The molecule has 0 saturated heterocycles. The van der Waals surface area contributed by atoms with E-state index < -0.39 is 12.6 Å². The number of hydrogen-bond donors (Lipinski definition) is 0. The zero-order chi connectivity index (χ0) is 17.8. The predicted molar refractivity (Wildman–Crippen MR) is 94.4 cm³/mol. The van der Waals surface area contributed by atoms with Crippen LogP contribution in [0.4, 0.5) is 0 Å². The van der Waals surface area contributed by atoms with Crippen LogP contribution in [-0.2, 0) is 4.74 Å². The third-order valence-corrected chi connectivity index (χ3v) is 3.84. The van der Waals surface area contributed by atoms with E-state index in [4.69, 9.17) is 21.1 Å². The highest BCUT2D eigenvalue weighted by Gasteiger charge is 2.17. The number of Topliss-reactive ketones (excluding diaryl/α,β-unsaturated/α-hetero) is 1. The van der Waals surface area contributed by atoms with Gasteiger partial charge in [0.2, 0.25) is 5.78 Å². The molecule has 0 atom stereocenters. The first-order valence-corrected chi connectivity index (χ1v) is 7.86. The van der Waals surface area contributed by atoms with Gasteiger partial charge in [-0.05, 0) is 24.3 Å². The van der Waals surface area contributed by atoms with Crippen molar-refractivity contribution >= 4 is 34.3 Å². The third kappa shape index (κ3) is 3.61. The molecule has 126 valence electrons. The predicted octanol–water partition coefficient (Wildman–Crippen LogP) is 3.94. The number of esters is 1. The van der Waals surface area contributed by atoms with E-state index in [2.05, 4.69) is 4.98 Å². The summed E-state index contributed by atoms with van der Waals surface area (Å²) < 4.78 is 10.3. The maximum Gasteiger partial charge on any atom is 0.339 e. The highest BCUT2D eigenvalue weighted by atomic mass is 35.5. The number of aromatic nitrogens is 1. The van der Waals surface area contributed by atoms with E-state index in [0.29, 0.717) is 22.2 Å². The van der Waals surface area contributed by atoms with Gasteiger partial charge >= 0.3 is 5.97 Å². The number of carbonyl (C=O) groups is 2. The third-order valence-electron chi connectivity index (χ3n) is 3.65. The molecule has 0 unspecified atom stereocenters. The first-order chi connectivity index (χ1) is 12.1. The molecule has 0 aliphatic rings. The Morgan fingerprint density at radius 1 is 1.04 bits per heavy atom. The lowest BCUT2D eigenvalue weighted by Gasteiger charge is -2.09. The zero-order valence-corrected chi connectivity index (χ0v) is 14.1. The molecule has 0 N–H and O–H groups in total. The highest BCUT2D eigenvalue weighted by molar-refractivity contribution is 6.30. The number of rotatable bonds is 5. The minimum absolute atomic E-state index is 0.182. The Morgan fingerprint density at radius 2 is 1.76 bits per heavy atom. The van der Waals surface area contributed by atoms with Crippen LogP contribution in [0.2, 0.25) is 5.15 Å².